The van der Waals surface area contributed by atoms with Crippen LogP contribution in [-0.4, -0.2) is 6.71 Å². The monoisotopic (exact) mass is 788 g/mol. The lowest BCUT2D eigenvalue weighted by Gasteiger charge is -2.45. The molecule has 0 spiro atoms. The highest BCUT2D eigenvalue weighted by molar-refractivity contribution is 7.26. The van der Waals surface area contributed by atoms with Crippen LogP contribution in [0.2, 0.25) is 0 Å². The molecule has 0 saturated carbocycles. The topological polar surface area (TPSA) is 6.48 Å². The molecule has 3 heterocycles. The highest BCUT2D eigenvalue weighted by Gasteiger charge is 2.48. The zero-order valence-electron chi connectivity index (χ0n) is 34.8. The van der Waals surface area contributed by atoms with E-state index in [9.17, 15) is 0 Å². The van der Waals surface area contributed by atoms with Crippen LogP contribution >= 0.6 is 11.3 Å². The van der Waals surface area contributed by atoms with Gasteiger partial charge in [0.2, 0.25) is 0 Å². The first-order valence-corrected chi connectivity index (χ1v) is 22.2. The Morgan fingerprint density at radius 1 is 0.467 bits per heavy atom. The number of benzene rings is 8. The quantitative estimate of drug-likeness (QED) is 0.164. The maximum Gasteiger partial charge on any atom is 0.252 e. The maximum absolute atomic E-state index is 2.66. The van der Waals surface area contributed by atoms with Crippen molar-refractivity contribution in [3.63, 3.8) is 0 Å². The summed E-state index contributed by atoms with van der Waals surface area (Å²) in [4.78, 5) is 5.20. The van der Waals surface area contributed by atoms with Gasteiger partial charge in [-0.3, -0.25) is 0 Å². The van der Waals surface area contributed by atoms with Gasteiger partial charge in [-0.2, -0.15) is 0 Å². The standard InChI is InChI=1S/C56H45BN2S/c1-35-29-49-54-50(30-35)59(47-20-14-22-52-53(47)41-19-12-13-21-51(41)60-52)48-33-43-42(55(2,3)34-56(43,4)5)32-45(48)57(54)44-31-39(37-17-10-7-11-18-37)25-28-46(44)58(49)40-26-23-38(24-27-40)36-15-8-6-9-16-36/h6-33H,34H2,1-5H3. The van der Waals surface area contributed by atoms with Gasteiger partial charge in [-0.05, 0) is 134 Å². The lowest BCUT2D eigenvalue weighted by Crippen LogP contribution is -2.61. The molecule has 1 aromatic heterocycles. The van der Waals surface area contributed by atoms with Gasteiger partial charge in [0.25, 0.3) is 6.71 Å². The van der Waals surface area contributed by atoms with Crippen molar-refractivity contribution in [2.45, 2.75) is 51.9 Å². The van der Waals surface area contributed by atoms with E-state index in [-0.39, 0.29) is 17.5 Å². The first-order valence-electron chi connectivity index (χ1n) is 21.3. The highest BCUT2D eigenvalue weighted by atomic mass is 32.1. The van der Waals surface area contributed by atoms with Gasteiger partial charge >= 0.3 is 0 Å². The SMILES string of the molecule is Cc1cc2c3c(c1)N(c1cccc4sc5ccccc5c14)c1cc4c(cc1B3c1cc(-c3ccccc3)ccc1N2c1ccc(-c2ccccc2)cc1)C(C)(C)CC4(C)C. The number of hydrogen-bond donors (Lipinski definition) is 0. The molecule has 9 aromatic rings. The summed E-state index contributed by atoms with van der Waals surface area (Å²) in [7, 11) is 0. The van der Waals surface area contributed by atoms with E-state index in [1.54, 1.807) is 0 Å². The zero-order chi connectivity index (χ0) is 40.5. The number of aryl methyl sites for hydroxylation is 1. The third kappa shape index (κ3) is 5.20. The van der Waals surface area contributed by atoms with E-state index >= 15 is 0 Å². The molecule has 0 fully saturated rings. The number of thiophene rings is 1. The van der Waals surface area contributed by atoms with Crippen LogP contribution in [0.3, 0.4) is 0 Å². The molecule has 0 bridgehead atoms. The third-order valence-corrected chi connectivity index (χ3v) is 14.8. The van der Waals surface area contributed by atoms with Crippen LogP contribution in [0.15, 0.2) is 170 Å². The molecule has 3 aliphatic rings. The van der Waals surface area contributed by atoms with Crippen molar-refractivity contribution in [2.24, 2.45) is 0 Å². The second-order valence-corrected chi connectivity index (χ2v) is 19.6. The predicted octanol–water partition coefficient (Wildman–Crippen LogP) is 13.7. The van der Waals surface area contributed by atoms with Gasteiger partial charge in [-0.1, -0.05) is 143 Å². The Balaban J connectivity index is 1.19. The first-order chi connectivity index (χ1) is 29.1. The smallest absolute Gasteiger partial charge is 0.252 e. The van der Waals surface area contributed by atoms with Crippen molar-refractivity contribution in [2.75, 3.05) is 9.80 Å². The summed E-state index contributed by atoms with van der Waals surface area (Å²) in [5.41, 5.74) is 20.8. The summed E-state index contributed by atoms with van der Waals surface area (Å²) in [5, 5.41) is 2.65. The van der Waals surface area contributed by atoms with Crippen LogP contribution in [0.5, 0.6) is 0 Å². The van der Waals surface area contributed by atoms with Crippen LogP contribution in [0, 0.1) is 6.92 Å². The number of hydrogen-bond acceptors (Lipinski definition) is 3. The Hall–Kier alpha value is -6.36. The van der Waals surface area contributed by atoms with Crippen LogP contribution in [0.1, 0.15) is 50.8 Å². The average Bonchev–Trinajstić information content (AvgIpc) is 3.73. The second kappa shape index (κ2) is 12.8. The minimum Gasteiger partial charge on any atom is -0.311 e. The third-order valence-electron chi connectivity index (χ3n) is 13.7. The molecule has 1 aliphatic carbocycles. The lowest BCUT2D eigenvalue weighted by molar-refractivity contribution is 0.403. The van der Waals surface area contributed by atoms with E-state index in [0.29, 0.717) is 0 Å². The number of rotatable bonds is 4. The average molecular weight is 789 g/mol. The Bertz CT molecular complexity index is 3200. The number of anilines is 6. The van der Waals surface area contributed by atoms with Crippen molar-refractivity contribution in [1.82, 2.24) is 0 Å². The summed E-state index contributed by atoms with van der Waals surface area (Å²) in [5.74, 6) is 0. The van der Waals surface area contributed by atoms with Gasteiger partial charge in [-0.25, -0.2) is 0 Å². The summed E-state index contributed by atoms with van der Waals surface area (Å²) in [6, 6.07) is 64.1. The summed E-state index contributed by atoms with van der Waals surface area (Å²) >= 11 is 1.90. The molecule has 2 aliphatic heterocycles. The van der Waals surface area contributed by atoms with Gasteiger partial charge in [0.15, 0.2) is 0 Å². The molecule has 0 atom stereocenters. The fourth-order valence-electron chi connectivity index (χ4n) is 11.3. The predicted molar refractivity (Wildman–Crippen MR) is 260 cm³/mol. The van der Waals surface area contributed by atoms with E-state index in [1.165, 1.54) is 104 Å². The lowest BCUT2D eigenvalue weighted by atomic mass is 9.33. The molecule has 288 valence electrons. The molecule has 12 rings (SSSR count). The zero-order valence-corrected chi connectivity index (χ0v) is 35.6. The molecule has 0 N–H and O–H groups in total. The molecular weight excluding hydrogens is 744 g/mol. The summed E-state index contributed by atoms with van der Waals surface area (Å²) < 4.78 is 2.64. The Morgan fingerprint density at radius 3 is 1.78 bits per heavy atom. The van der Waals surface area contributed by atoms with Crippen molar-refractivity contribution in [3.8, 4) is 22.3 Å². The van der Waals surface area contributed by atoms with Gasteiger partial charge in [0.05, 0.1) is 5.69 Å². The number of nitrogens with zero attached hydrogens (tertiary/aromatic N) is 2. The van der Waals surface area contributed by atoms with Crippen molar-refractivity contribution in [3.05, 3.63) is 187 Å². The van der Waals surface area contributed by atoms with E-state index in [4.69, 9.17) is 0 Å². The van der Waals surface area contributed by atoms with Gasteiger partial charge < -0.3 is 9.80 Å². The highest BCUT2D eigenvalue weighted by Crippen LogP contribution is 2.54. The molecule has 0 saturated heterocycles. The Labute approximate surface area is 357 Å². The summed E-state index contributed by atoms with van der Waals surface area (Å²) in [6.07, 6.45) is 1.12. The van der Waals surface area contributed by atoms with Crippen molar-refractivity contribution >= 4 is 88.7 Å². The molecule has 8 aromatic carbocycles. The molecule has 0 amide bonds. The fourth-order valence-corrected chi connectivity index (χ4v) is 12.4. The van der Waals surface area contributed by atoms with Gasteiger partial charge in [0, 0.05) is 48.6 Å². The maximum atomic E-state index is 2.66. The molecular formula is C56H45BN2S. The van der Waals surface area contributed by atoms with Crippen LogP contribution in [-0.2, 0) is 10.8 Å². The normalized spacial score (nSPS) is 15.5. The molecule has 0 unspecified atom stereocenters. The molecule has 0 radical (unpaired) electrons. The molecule has 60 heavy (non-hydrogen) atoms. The van der Waals surface area contributed by atoms with Crippen LogP contribution in [0.25, 0.3) is 42.4 Å². The largest absolute Gasteiger partial charge is 0.311 e. The Morgan fingerprint density at radius 2 is 1.05 bits per heavy atom. The second-order valence-electron chi connectivity index (χ2n) is 18.5. The van der Waals surface area contributed by atoms with Crippen molar-refractivity contribution < 1.29 is 0 Å². The fraction of sp³-hybridized carbons (Fsp3) is 0.143. The first kappa shape index (κ1) is 35.6. The number of fused-ring (bicyclic) bond motifs is 8. The van der Waals surface area contributed by atoms with Crippen LogP contribution in [0.4, 0.5) is 34.1 Å². The molecule has 4 heteroatoms. The Kier molecular flexibility index (Phi) is 7.60. The van der Waals surface area contributed by atoms with Gasteiger partial charge in [-0.15, -0.1) is 11.3 Å². The molecule has 2 nitrogen and oxygen atoms in total. The van der Waals surface area contributed by atoms with E-state index in [1.807, 2.05) is 11.3 Å². The van der Waals surface area contributed by atoms with E-state index < -0.39 is 0 Å². The van der Waals surface area contributed by atoms with Crippen molar-refractivity contribution in [1.29, 1.82) is 0 Å². The van der Waals surface area contributed by atoms with E-state index in [2.05, 4.69) is 214 Å². The minimum atomic E-state index is 0.0311. The summed E-state index contributed by atoms with van der Waals surface area (Å²) in [6.45, 7) is 12.1. The van der Waals surface area contributed by atoms with Gasteiger partial charge in [0.1, 0.15) is 0 Å². The van der Waals surface area contributed by atoms with E-state index in [0.717, 1.165) is 12.1 Å². The van der Waals surface area contributed by atoms with Crippen LogP contribution < -0.4 is 26.2 Å². The minimum absolute atomic E-state index is 0.0311.